The van der Waals surface area contributed by atoms with Crippen LogP contribution in [0.15, 0.2) is 54.6 Å². The molecule has 230 valence electrons. The summed E-state index contributed by atoms with van der Waals surface area (Å²) in [4.78, 5) is 19.7. The summed E-state index contributed by atoms with van der Waals surface area (Å²) in [5.74, 6) is -0.500. The minimum atomic E-state index is -0.937. The van der Waals surface area contributed by atoms with Crippen LogP contribution in [0.3, 0.4) is 0 Å². The Kier molecular flexibility index (Phi) is 9.06. The highest BCUT2D eigenvalue weighted by Crippen LogP contribution is 2.53. The zero-order valence-electron chi connectivity index (χ0n) is 26.8. The minimum absolute atomic E-state index is 0.173. The van der Waals surface area contributed by atoms with Gasteiger partial charge in [-0.2, -0.15) is 0 Å². The topological polar surface area (TPSA) is 54.5 Å². The molecule has 1 saturated carbocycles. The molecule has 0 bridgehead atoms. The number of piperazine rings is 1. The average Bonchev–Trinajstić information content (AvgIpc) is 2.96. The number of carbonyl (C=O) groups is 1. The van der Waals surface area contributed by atoms with Crippen LogP contribution in [0, 0.1) is 5.41 Å². The van der Waals surface area contributed by atoms with E-state index in [1.165, 1.54) is 24.0 Å². The van der Waals surface area contributed by atoms with Gasteiger partial charge in [0.25, 0.3) is 5.91 Å². The van der Waals surface area contributed by atoms with E-state index in [9.17, 15) is 4.79 Å². The third kappa shape index (κ3) is 6.12. The maximum Gasteiger partial charge on any atom is 0.410 e. The number of nitrogens with zero attached hydrogens (tertiary/aromatic N) is 3. The number of rotatable bonds is 7. The molecule has 0 aromatic heterocycles. The van der Waals surface area contributed by atoms with Crippen LogP contribution in [0.25, 0.3) is 0 Å². The Labute approximate surface area is 253 Å². The van der Waals surface area contributed by atoms with Crippen molar-refractivity contribution in [2.45, 2.75) is 89.8 Å². The van der Waals surface area contributed by atoms with Crippen molar-refractivity contribution in [3.05, 3.63) is 71.3 Å². The first kappa shape index (κ1) is 31.0. The van der Waals surface area contributed by atoms with Gasteiger partial charge in [-0.3, -0.25) is 4.90 Å². The number of carbonyl (C=O) groups excluding carboxylic acids is 1. The second-order valence-corrected chi connectivity index (χ2v) is 13.9. The lowest BCUT2D eigenvalue weighted by atomic mass is 9.59. The highest BCUT2D eigenvalue weighted by Gasteiger charge is 2.52. The molecular formula is C35H51N3O4. The Balaban J connectivity index is 1.35. The zero-order valence-corrected chi connectivity index (χ0v) is 26.8. The van der Waals surface area contributed by atoms with Crippen molar-refractivity contribution >= 4 is 6.09 Å². The predicted octanol–water partition coefficient (Wildman–Crippen LogP) is 6.75. The molecule has 3 fully saturated rings. The molecule has 42 heavy (non-hydrogen) atoms. The fraction of sp³-hybridized carbons (Fsp3) is 0.629. The fourth-order valence-electron chi connectivity index (χ4n) is 7.60. The van der Waals surface area contributed by atoms with E-state index in [-0.39, 0.29) is 12.1 Å². The molecule has 1 atom stereocenters. The second kappa shape index (κ2) is 12.3. The smallest absolute Gasteiger partial charge is 0.410 e. The molecule has 1 unspecified atom stereocenters. The molecule has 7 heteroatoms. The van der Waals surface area contributed by atoms with Crippen LogP contribution >= 0.6 is 0 Å². The van der Waals surface area contributed by atoms with Crippen LogP contribution < -0.4 is 0 Å². The predicted molar refractivity (Wildman–Crippen MR) is 166 cm³/mol. The summed E-state index contributed by atoms with van der Waals surface area (Å²) < 4.78 is 18.1. The van der Waals surface area contributed by atoms with Gasteiger partial charge < -0.3 is 19.1 Å². The third-order valence-corrected chi connectivity index (χ3v) is 9.79. The average molecular weight is 578 g/mol. The van der Waals surface area contributed by atoms with Crippen molar-refractivity contribution in [1.29, 1.82) is 0 Å². The van der Waals surface area contributed by atoms with Crippen molar-refractivity contribution < 1.29 is 19.0 Å². The summed E-state index contributed by atoms with van der Waals surface area (Å²) in [6.07, 6.45) is 4.32. The monoisotopic (exact) mass is 577 g/mol. The van der Waals surface area contributed by atoms with Crippen molar-refractivity contribution in [2.75, 3.05) is 46.9 Å². The van der Waals surface area contributed by atoms with E-state index in [1.807, 2.05) is 43.9 Å². The second-order valence-electron chi connectivity index (χ2n) is 13.9. The SMILES string of the molecule is COC(OC)(c1ccccc1)N1CCN(C2CC3(CCN(C(=O)OC(C)(C)C)CC3)C2)C(c2ccccc2C(C)C)C1. The first-order valence-corrected chi connectivity index (χ1v) is 15.7. The van der Waals surface area contributed by atoms with Crippen molar-refractivity contribution in [3.8, 4) is 0 Å². The number of hydrogen-bond donors (Lipinski definition) is 0. The Morgan fingerprint density at radius 1 is 0.881 bits per heavy atom. The molecule has 1 spiro atoms. The zero-order chi connectivity index (χ0) is 30.1. The van der Waals surface area contributed by atoms with Gasteiger partial charge in [-0.1, -0.05) is 68.4 Å². The van der Waals surface area contributed by atoms with Crippen molar-refractivity contribution in [3.63, 3.8) is 0 Å². The van der Waals surface area contributed by atoms with Gasteiger partial charge in [-0.05, 0) is 68.9 Å². The summed E-state index contributed by atoms with van der Waals surface area (Å²) in [5, 5.41) is 0. The highest BCUT2D eigenvalue weighted by atomic mass is 16.7. The van der Waals surface area contributed by atoms with E-state index in [4.69, 9.17) is 14.2 Å². The van der Waals surface area contributed by atoms with Gasteiger partial charge in [-0.15, -0.1) is 0 Å². The molecule has 2 aromatic carbocycles. The highest BCUT2D eigenvalue weighted by molar-refractivity contribution is 5.68. The minimum Gasteiger partial charge on any atom is -0.444 e. The van der Waals surface area contributed by atoms with Crippen LogP contribution in [0.1, 0.15) is 89.0 Å². The number of piperidine rings is 1. The normalized spacial score (nSPS) is 22.4. The van der Waals surface area contributed by atoms with E-state index in [0.717, 1.165) is 51.1 Å². The summed E-state index contributed by atoms with van der Waals surface area (Å²) in [7, 11) is 3.50. The summed E-state index contributed by atoms with van der Waals surface area (Å²) in [6, 6.07) is 20.0. The maximum absolute atomic E-state index is 12.7. The van der Waals surface area contributed by atoms with Crippen LogP contribution in [-0.4, -0.2) is 79.4 Å². The molecule has 0 radical (unpaired) electrons. The number of benzene rings is 2. The van der Waals surface area contributed by atoms with E-state index in [1.54, 1.807) is 14.2 Å². The first-order valence-electron chi connectivity index (χ1n) is 15.7. The van der Waals surface area contributed by atoms with Crippen molar-refractivity contribution in [1.82, 2.24) is 14.7 Å². The van der Waals surface area contributed by atoms with Crippen LogP contribution in [-0.2, 0) is 20.1 Å². The van der Waals surface area contributed by atoms with E-state index < -0.39 is 11.5 Å². The Hall–Kier alpha value is -2.45. The molecule has 2 aromatic rings. The lowest BCUT2D eigenvalue weighted by molar-refractivity contribution is -0.317. The van der Waals surface area contributed by atoms with Gasteiger partial charge in [0.1, 0.15) is 5.60 Å². The van der Waals surface area contributed by atoms with Gasteiger partial charge in [0.05, 0.1) is 0 Å². The van der Waals surface area contributed by atoms with Crippen LogP contribution in [0.5, 0.6) is 0 Å². The molecule has 5 rings (SSSR count). The molecular weight excluding hydrogens is 526 g/mol. The molecule has 1 aliphatic carbocycles. The van der Waals surface area contributed by atoms with Gasteiger partial charge >= 0.3 is 6.09 Å². The number of amides is 1. The molecule has 7 nitrogen and oxygen atoms in total. The summed E-state index contributed by atoms with van der Waals surface area (Å²) >= 11 is 0. The van der Waals surface area contributed by atoms with Crippen molar-refractivity contribution in [2.24, 2.45) is 5.41 Å². The van der Waals surface area contributed by atoms with Crippen LogP contribution in [0.4, 0.5) is 4.79 Å². The van der Waals surface area contributed by atoms with Gasteiger partial charge in [0.15, 0.2) is 0 Å². The Morgan fingerprint density at radius 3 is 2.10 bits per heavy atom. The van der Waals surface area contributed by atoms with Gasteiger partial charge in [0, 0.05) is 64.6 Å². The molecule has 3 aliphatic rings. The number of hydrogen-bond acceptors (Lipinski definition) is 6. The quantitative estimate of drug-likeness (QED) is 0.339. The third-order valence-electron chi connectivity index (χ3n) is 9.79. The number of ether oxygens (including phenoxy) is 3. The fourth-order valence-corrected chi connectivity index (χ4v) is 7.60. The lowest BCUT2D eigenvalue weighted by Gasteiger charge is -2.59. The van der Waals surface area contributed by atoms with E-state index >= 15 is 0 Å². The molecule has 2 aliphatic heterocycles. The standard InChI is InChI=1S/C35H51N3O4/c1-26(2)29-15-11-12-16-30(29)31-25-37(35(40-6,41-7)27-13-9-8-10-14-27)21-22-38(31)28-23-34(24-28)17-19-36(20-18-34)32(39)42-33(3,4)5/h8-16,26,28,31H,17-25H2,1-7H3. The Morgan fingerprint density at radius 2 is 1.50 bits per heavy atom. The number of likely N-dealkylation sites (tertiary alicyclic amines) is 1. The summed E-state index contributed by atoms with van der Waals surface area (Å²) in [5.41, 5.74) is 3.70. The van der Waals surface area contributed by atoms with Gasteiger partial charge in [0.2, 0.25) is 0 Å². The molecule has 1 amide bonds. The van der Waals surface area contributed by atoms with E-state index in [2.05, 4.69) is 60.0 Å². The maximum atomic E-state index is 12.7. The molecule has 0 N–H and O–H groups in total. The Bertz CT molecular complexity index is 1190. The van der Waals surface area contributed by atoms with E-state index in [0.29, 0.717) is 17.4 Å². The summed E-state index contributed by atoms with van der Waals surface area (Å²) in [6.45, 7) is 14.6. The first-order chi connectivity index (χ1) is 20.0. The molecule has 2 heterocycles. The van der Waals surface area contributed by atoms with Crippen LogP contribution in [0.2, 0.25) is 0 Å². The number of methoxy groups -OCH3 is 2. The molecule has 2 saturated heterocycles. The lowest BCUT2D eigenvalue weighted by Crippen LogP contribution is -2.63. The largest absolute Gasteiger partial charge is 0.444 e. The van der Waals surface area contributed by atoms with Gasteiger partial charge in [-0.25, -0.2) is 9.69 Å².